The molecule has 1 heterocycles. The van der Waals surface area contributed by atoms with E-state index >= 15 is 0 Å². The molecule has 0 unspecified atom stereocenters. The third-order valence-corrected chi connectivity index (χ3v) is 5.53. The Morgan fingerprint density at radius 3 is 2.59 bits per heavy atom. The second kappa shape index (κ2) is 8.80. The first-order valence-corrected chi connectivity index (χ1v) is 10.2. The average molecular weight is 401 g/mol. The molecule has 0 radical (unpaired) electrons. The monoisotopic (exact) mass is 401 g/mol. The fourth-order valence-electron chi connectivity index (χ4n) is 2.94. The third kappa shape index (κ3) is 4.95. The molecule has 29 heavy (non-hydrogen) atoms. The van der Waals surface area contributed by atoms with E-state index < -0.39 is 5.97 Å². The number of hydrogen-bond donors (Lipinski definition) is 1. The molecule has 0 saturated heterocycles. The Morgan fingerprint density at radius 1 is 0.931 bits per heavy atom. The average Bonchev–Trinajstić information content (AvgIpc) is 2.77. The molecular weight excluding hydrogens is 382 g/mol. The zero-order valence-corrected chi connectivity index (χ0v) is 16.4. The van der Waals surface area contributed by atoms with Gasteiger partial charge in [0.1, 0.15) is 12.4 Å². The molecule has 3 aromatic carbocycles. The van der Waals surface area contributed by atoms with Crippen LogP contribution in [-0.4, -0.2) is 16.1 Å². The van der Waals surface area contributed by atoms with Crippen LogP contribution < -0.4 is 4.74 Å². The van der Waals surface area contributed by atoms with Gasteiger partial charge in [-0.25, -0.2) is 9.78 Å². The maximum absolute atomic E-state index is 11.1. The number of aromatic nitrogens is 1. The van der Waals surface area contributed by atoms with Crippen LogP contribution in [0.15, 0.2) is 89.8 Å². The van der Waals surface area contributed by atoms with Gasteiger partial charge < -0.3 is 9.84 Å². The molecule has 0 fully saturated rings. The summed E-state index contributed by atoms with van der Waals surface area (Å²) in [6.07, 6.45) is 0. The minimum Gasteiger partial charge on any atom is -0.487 e. The topological polar surface area (TPSA) is 59.4 Å². The maximum Gasteiger partial charge on any atom is 0.335 e. The Bertz CT molecular complexity index is 1140. The van der Waals surface area contributed by atoms with Crippen molar-refractivity contribution in [3.05, 3.63) is 102 Å². The van der Waals surface area contributed by atoms with Crippen molar-refractivity contribution in [1.82, 2.24) is 4.98 Å². The quantitative estimate of drug-likeness (QED) is 0.396. The molecule has 0 aliphatic carbocycles. The molecular formula is C24H19NO3S. The number of rotatable bonds is 7. The molecule has 4 aromatic rings. The molecule has 0 bridgehead atoms. The summed E-state index contributed by atoms with van der Waals surface area (Å²) in [6.45, 7) is 0.416. The van der Waals surface area contributed by atoms with Gasteiger partial charge in [0.25, 0.3) is 0 Å². The van der Waals surface area contributed by atoms with Gasteiger partial charge in [-0.2, -0.15) is 0 Å². The van der Waals surface area contributed by atoms with E-state index in [9.17, 15) is 4.79 Å². The highest BCUT2D eigenvalue weighted by molar-refractivity contribution is 7.98. The van der Waals surface area contributed by atoms with Crippen molar-refractivity contribution in [3.8, 4) is 5.75 Å². The van der Waals surface area contributed by atoms with Crippen molar-refractivity contribution in [1.29, 1.82) is 0 Å². The smallest absolute Gasteiger partial charge is 0.335 e. The van der Waals surface area contributed by atoms with Gasteiger partial charge in [0.05, 0.1) is 16.8 Å². The normalized spacial score (nSPS) is 10.8. The molecule has 144 valence electrons. The summed E-state index contributed by atoms with van der Waals surface area (Å²) in [5.41, 5.74) is 3.15. The summed E-state index contributed by atoms with van der Waals surface area (Å²) < 4.78 is 5.86. The number of fused-ring (bicyclic) bond motifs is 1. The van der Waals surface area contributed by atoms with E-state index in [1.165, 1.54) is 0 Å². The Labute approximate surface area is 173 Å². The lowest BCUT2D eigenvalue weighted by atomic mass is 10.1. The summed E-state index contributed by atoms with van der Waals surface area (Å²) in [7, 11) is 0. The second-order valence-corrected chi connectivity index (χ2v) is 7.60. The van der Waals surface area contributed by atoms with Gasteiger partial charge in [-0.3, -0.25) is 0 Å². The van der Waals surface area contributed by atoms with E-state index in [1.54, 1.807) is 30.0 Å². The third-order valence-electron chi connectivity index (χ3n) is 4.45. The molecule has 0 aliphatic heterocycles. The molecule has 0 atom stereocenters. The highest BCUT2D eigenvalue weighted by Gasteiger charge is 2.04. The van der Waals surface area contributed by atoms with Crippen LogP contribution in [-0.2, 0) is 12.4 Å². The largest absolute Gasteiger partial charge is 0.487 e. The number of pyridine rings is 1. The first kappa shape index (κ1) is 19.0. The number of thioether (sulfide) groups is 1. The lowest BCUT2D eigenvalue weighted by Crippen LogP contribution is -1.98. The first-order valence-electron chi connectivity index (χ1n) is 9.20. The summed E-state index contributed by atoms with van der Waals surface area (Å²) in [4.78, 5) is 16.8. The van der Waals surface area contributed by atoms with E-state index in [4.69, 9.17) is 9.84 Å². The van der Waals surface area contributed by atoms with Crippen LogP contribution >= 0.6 is 11.8 Å². The molecule has 4 nitrogen and oxygen atoms in total. The molecule has 0 aliphatic rings. The number of carboxylic acid groups (broad SMARTS) is 1. The number of carbonyl (C=O) groups is 1. The SMILES string of the molecule is O=C(O)c1cccc(CSc2ccc(OCc3ccc4ccccc4n3)cc2)c1. The zero-order valence-electron chi connectivity index (χ0n) is 15.6. The fraction of sp³-hybridized carbons (Fsp3) is 0.0833. The van der Waals surface area contributed by atoms with Gasteiger partial charge in [-0.1, -0.05) is 36.4 Å². The second-order valence-electron chi connectivity index (χ2n) is 6.55. The standard InChI is InChI=1S/C24H19NO3S/c26-24(27)19-6-3-4-17(14-19)16-29-22-12-10-21(11-13-22)28-15-20-9-8-18-5-1-2-7-23(18)25-20/h1-14H,15-16H2,(H,26,27). The number of benzene rings is 3. The van der Waals surface area contributed by atoms with Crippen molar-refractivity contribution in [2.24, 2.45) is 0 Å². The number of ether oxygens (including phenoxy) is 1. The predicted molar refractivity (Wildman–Crippen MR) is 115 cm³/mol. The first-order chi connectivity index (χ1) is 14.2. The minimum absolute atomic E-state index is 0.314. The van der Waals surface area contributed by atoms with Crippen LogP contribution in [0.1, 0.15) is 21.6 Å². The van der Waals surface area contributed by atoms with Crippen molar-refractivity contribution >= 4 is 28.6 Å². The number of para-hydroxylation sites is 1. The van der Waals surface area contributed by atoms with Gasteiger partial charge in [0.15, 0.2) is 0 Å². The molecule has 0 spiro atoms. The Morgan fingerprint density at radius 2 is 1.76 bits per heavy atom. The van der Waals surface area contributed by atoms with E-state index in [2.05, 4.69) is 11.1 Å². The Hall–Kier alpha value is -3.31. The molecule has 4 rings (SSSR count). The number of hydrogen-bond acceptors (Lipinski definition) is 4. The Kier molecular flexibility index (Phi) is 5.77. The highest BCUT2D eigenvalue weighted by atomic mass is 32.2. The summed E-state index contributed by atoms with van der Waals surface area (Å²) in [5.74, 6) is 0.596. The number of carboxylic acids is 1. The van der Waals surface area contributed by atoms with Crippen molar-refractivity contribution < 1.29 is 14.6 Å². The van der Waals surface area contributed by atoms with E-state index in [0.717, 1.165) is 32.8 Å². The molecule has 0 amide bonds. The van der Waals surface area contributed by atoms with Crippen LogP contribution in [0.3, 0.4) is 0 Å². The molecule has 5 heteroatoms. The van der Waals surface area contributed by atoms with Gasteiger partial charge >= 0.3 is 5.97 Å². The predicted octanol–water partition coefficient (Wildman–Crippen LogP) is 5.80. The van der Waals surface area contributed by atoms with Crippen LogP contribution in [0.2, 0.25) is 0 Å². The lowest BCUT2D eigenvalue weighted by molar-refractivity contribution is 0.0696. The zero-order chi connectivity index (χ0) is 20.1. The van der Waals surface area contributed by atoms with Crippen molar-refractivity contribution in [2.75, 3.05) is 0 Å². The maximum atomic E-state index is 11.1. The molecule has 1 aromatic heterocycles. The van der Waals surface area contributed by atoms with E-state index in [-0.39, 0.29) is 0 Å². The van der Waals surface area contributed by atoms with Crippen molar-refractivity contribution in [2.45, 2.75) is 17.3 Å². The van der Waals surface area contributed by atoms with Gasteiger partial charge in [0, 0.05) is 16.0 Å². The Balaban J connectivity index is 1.34. The summed E-state index contributed by atoms with van der Waals surface area (Å²) >= 11 is 1.66. The van der Waals surface area contributed by atoms with Crippen molar-refractivity contribution in [3.63, 3.8) is 0 Å². The van der Waals surface area contributed by atoms with Crippen LogP contribution in [0, 0.1) is 0 Å². The lowest BCUT2D eigenvalue weighted by Gasteiger charge is -2.08. The number of nitrogens with zero attached hydrogens (tertiary/aromatic N) is 1. The number of aromatic carboxylic acids is 1. The van der Waals surface area contributed by atoms with Gasteiger partial charge in [0.2, 0.25) is 0 Å². The van der Waals surface area contributed by atoms with E-state index in [1.807, 2.05) is 60.7 Å². The van der Waals surface area contributed by atoms with E-state index in [0.29, 0.717) is 17.9 Å². The highest BCUT2D eigenvalue weighted by Crippen LogP contribution is 2.25. The van der Waals surface area contributed by atoms with Gasteiger partial charge in [-0.05, 0) is 54.1 Å². The fourth-order valence-corrected chi connectivity index (χ4v) is 3.78. The van der Waals surface area contributed by atoms with Crippen LogP contribution in [0.4, 0.5) is 0 Å². The summed E-state index contributed by atoms with van der Waals surface area (Å²) in [5, 5.41) is 10.2. The minimum atomic E-state index is -0.903. The van der Waals surface area contributed by atoms with Crippen LogP contribution in [0.25, 0.3) is 10.9 Å². The molecule has 1 N–H and O–H groups in total. The summed E-state index contributed by atoms with van der Waals surface area (Å²) in [6, 6.07) is 27.0. The van der Waals surface area contributed by atoms with Gasteiger partial charge in [-0.15, -0.1) is 11.8 Å². The van der Waals surface area contributed by atoms with Crippen LogP contribution in [0.5, 0.6) is 5.75 Å². The molecule has 0 saturated carbocycles.